The van der Waals surface area contributed by atoms with Crippen molar-refractivity contribution in [3.63, 3.8) is 0 Å². The van der Waals surface area contributed by atoms with Crippen LogP contribution in [-0.2, 0) is 0 Å². The van der Waals surface area contributed by atoms with Crippen LogP contribution >= 0.6 is 0 Å². The third-order valence-electron chi connectivity index (χ3n) is 3.31. The van der Waals surface area contributed by atoms with Gasteiger partial charge in [-0.05, 0) is 38.1 Å². The maximum Gasteiger partial charge on any atom is 0.201 e. The highest BCUT2D eigenvalue weighted by Gasteiger charge is 2.10. The van der Waals surface area contributed by atoms with Crippen molar-refractivity contribution in [3.8, 4) is 0 Å². The van der Waals surface area contributed by atoms with Crippen LogP contribution in [0.2, 0.25) is 0 Å². The van der Waals surface area contributed by atoms with Gasteiger partial charge in [0.2, 0.25) is 5.95 Å². The van der Waals surface area contributed by atoms with E-state index in [0.717, 1.165) is 30.1 Å². The lowest BCUT2D eigenvalue weighted by Gasteiger charge is -2.14. The molecule has 0 atom stereocenters. The summed E-state index contributed by atoms with van der Waals surface area (Å²) in [5.74, 6) is 0.880. The van der Waals surface area contributed by atoms with E-state index in [4.69, 9.17) is 0 Å². The number of nitrogens with zero attached hydrogens (tertiary/aromatic N) is 2. The molecule has 0 aliphatic carbocycles. The number of imidazole rings is 1. The number of para-hydroxylation sites is 2. The summed E-state index contributed by atoms with van der Waals surface area (Å²) in [7, 11) is 0. The minimum atomic E-state index is 0.880. The van der Waals surface area contributed by atoms with E-state index in [1.54, 1.807) is 0 Å². The van der Waals surface area contributed by atoms with Crippen molar-refractivity contribution >= 4 is 17.0 Å². The van der Waals surface area contributed by atoms with E-state index in [2.05, 4.69) is 20.2 Å². The first kappa shape index (κ1) is 10.6. The molecule has 2 aromatic rings. The van der Waals surface area contributed by atoms with Gasteiger partial charge in [-0.2, -0.15) is 0 Å². The summed E-state index contributed by atoms with van der Waals surface area (Å²) < 4.78 is 0. The Balaban J connectivity index is 1.57. The predicted molar refractivity (Wildman–Crippen MR) is 70.3 cm³/mol. The molecule has 0 spiro atoms. The number of aromatic amines is 1. The number of likely N-dealkylation sites (tertiary alicyclic amines) is 1. The summed E-state index contributed by atoms with van der Waals surface area (Å²) in [4.78, 5) is 10.3. The van der Waals surface area contributed by atoms with Gasteiger partial charge in [0, 0.05) is 13.1 Å². The van der Waals surface area contributed by atoms with Crippen LogP contribution < -0.4 is 5.32 Å². The molecule has 90 valence electrons. The molecule has 2 N–H and O–H groups in total. The Labute approximate surface area is 101 Å². The third-order valence-corrected chi connectivity index (χ3v) is 3.31. The number of aromatic nitrogens is 2. The molecule has 1 aliphatic rings. The second-order valence-electron chi connectivity index (χ2n) is 4.58. The van der Waals surface area contributed by atoms with Gasteiger partial charge in [0.1, 0.15) is 0 Å². The van der Waals surface area contributed by atoms with Gasteiger partial charge in [0.15, 0.2) is 0 Å². The van der Waals surface area contributed by atoms with Crippen LogP contribution in [0.3, 0.4) is 0 Å². The molecule has 0 saturated carbocycles. The van der Waals surface area contributed by atoms with Crippen molar-refractivity contribution in [2.45, 2.75) is 12.8 Å². The van der Waals surface area contributed by atoms with Crippen molar-refractivity contribution in [3.05, 3.63) is 24.3 Å². The standard InChI is InChI=1S/C13H18N4/c1-2-6-12-11(5-1)15-13(16-12)14-7-10-17-8-3-4-9-17/h1-2,5-6H,3-4,7-10H2,(H2,14,15,16). The molecule has 0 amide bonds. The van der Waals surface area contributed by atoms with E-state index in [-0.39, 0.29) is 0 Å². The number of nitrogens with one attached hydrogen (secondary N) is 2. The van der Waals surface area contributed by atoms with Gasteiger partial charge < -0.3 is 15.2 Å². The van der Waals surface area contributed by atoms with E-state index in [1.807, 2.05) is 24.3 Å². The van der Waals surface area contributed by atoms with Crippen LogP contribution in [0.5, 0.6) is 0 Å². The van der Waals surface area contributed by atoms with Crippen LogP contribution in [0.25, 0.3) is 11.0 Å². The molecule has 0 radical (unpaired) electrons. The Hall–Kier alpha value is -1.55. The SMILES string of the molecule is c1ccc2[nH]c(NCCN3CCCC3)nc2c1. The first-order valence-electron chi connectivity index (χ1n) is 6.33. The first-order chi connectivity index (χ1) is 8.42. The van der Waals surface area contributed by atoms with Gasteiger partial charge in [0.25, 0.3) is 0 Å². The number of hydrogen-bond donors (Lipinski definition) is 2. The number of anilines is 1. The minimum Gasteiger partial charge on any atom is -0.355 e. The molecule has 1 aromatic carbocycles. The monoisotopic (exact) mass is 230 g/mol. The predicted octanol–water partition coefficient (Wildman–Crippen LogP) is 2.07. The molecule has 4 heteroatoms. The summed E-state index contributed by atoms with van der Waals surface area (Å²) >= 11 is 0. The zero-order valence-corrected chi connectivity index (χ0v) is 9.95. The van der Waals surface area contributed by atoms with Gasteiger partial charge in [-0.25, -0.2) is 4.98 Å². The Bertz CT molecular complexity index is 452. The molecule has 17 heavy (non-hydrogen) atoms. The first-order valence-corrected chi connectivity index (χ1v) is 6.33. The quantitative estimate of drug-likeness (QED) is 0.845. The highest BCUT2D eigenvalue weighted by Crippen LogP contribution is 2.13. The highest BCUT2D eigenvalue weighted by atomic mass is 15.2. The number of benzene rings is 1. The van der Waals surface area contributed by atoms with Gasteiger partial charge in [0.05, 0.1) is 11.0 Å². The second kappa shape index (κ2) is 4.75. The van der Waals surface area contributed by atoms with Crippen LogP contribution in [-0.4, -0.2) is 41.0 Å². The minimum absolute atomic E-state index is 0.880. The zero-order chi connectivity index (χ0) is 11.5. The Morgan fingerprint density at radius 3 is 2.88 bits per heavy atom. The van der Waals surface area contributed by atoms with E-state index in [0.29, 0.717) is 0 Å². The average molecular weight is 230 g/mol. The summed E-state index contributed by atoms with van der Waals surface area (Å²) in [6, 6.07) is 8.11. The molecule has 3 rings (SSSR count). The second-order valence-corrected chi connectivity index (χ2v) is 4.58. The fraction of sp³-hybridized carbons (Fsp3) is 0.462. The number of H-pyrrole nitrogens is 1. The van der Waals surface area contributed by atoms with Crippen molar-refractivity contribution in [2.24, 2.45) is 0 Å². The van der Waals surface area contributed by atoms with Crippen molar-refractivity contribution in [1.82, 2.24) is 14.9 Å². The maximum absolute atomic E-state index is 4.49. The van der Waals surface area contributed by atoms with E-state index in [1.165, 1.54) is 25.9 Å². The molecule has 1 fully saturated rings. The molecule has 1 aromatic heterocycles. The molecule has 0 bridgehead atoms. The van der Waals surface area contributed by atoms with Gasteiger partial charge in [-0.3, -0.25) is 0 Å². The molecule has 2 heterocycles. The summed E-state index contributed by atoms with van der Waals surface area (Å²) in [5.41, 5.74) is 2.12. The van der Waals surface area contributed by atoms with Crippen molar-refractivity contribution < 1.29 is 0 Å². The smallest absolute Gasteiger partial charge is 0.201 e. The Kier molecular flexibility index (Phi) is 2.96. The van der Waals surface area contributed by atoms with E-state index in [9.17, 15) is 0 Å². The van der Waals surface area contributed by atoms with Crippen LogP contribution in [0, 0.1) is 0 Å². The lowest BCUT2D eigenvalue weighted by molar-refractivity contribution is 0.352. The van der Waals surface area contributed by atoms with Gasteiger partial charge in [-0.15, -0.1) is 0 Å². The van der Waals surface area contributed by atoms with Gasteiger partial charge in [-0.1, -0.05) is 12.1 Å². The Morgan fingerprint density at radius 2 is 2.06 bits per heavy atom. The average Bonchev–Trinajstić information content (AvgIpc) is 2.96. The lowest BCUT2D eigenvalue weighted by Crippen LogP contribution is -2.26. The van der Waals surface area contributed by atoms with Crippen LogP contribution in [0.4, 0.5) is 5.95 Å². The van der Waals surface area contributed by atoms with Crippen LogP contribution in [0.15, 0.2) is 24.3 Å². The zero-order valence-electron chi connectivity index (χ0n) is 9.95. The van der Waals surface area contributed by atoms with Crippen molar-refractivity contribution in [1.29, 1.82) is 0 Å². The largest absolute Gasteiger partial charge is 0.355 e. The number of hydrogen-bond acceptors (Lipinski definition) is 3. The molecular formula is C13H18N4. The topological polar surface area (TPSA) is 44.0 Å². The highest BCUT2D eigenvalue weighted by molar-refractivity contribution is 5.77. The van der Waals surface area contributed by atoms with Crippen LogP contribution in [0.1, 0.15) is 12.8 Å². The normalized spacial score (nSPS) is 16.7. The fourth-order valence-corrected chi connectivity index (χ4v) is 2.38. The molecule has 4 nitrogen and oxygen atoms in total. The number of fused-ring (bicyclic) bond motifs is 1. The lowest BCUT2D eigenvalue weighted by atomic mass is 10.3. The Morgan fingerprint density at radius 1 is 1.24 bits per heavy atom. The molecule has 0 unspecified atom stereocenters. The molecule has 1 saturated heterocycles. The van der Waals surface area contributed by atoms with Crippen molar-refractivity contribution in [2.75, 3.05) is 31.5 Å². The number of rotatable bonds is 4. The molecule has 1 aliphatic heterocycles. The third kappa shape index (κ3) is 2.42. The maximum atomic E-state index is 4.49. The fourth-order valence-electron chi connectivity index (χ4n) is 2.38. The summed E-state index contributed by atoms with van der Waals surface area (Å²) in [6.45, 7) is 4.57. The van der Waals surface area contributed by atoms with E-state index >= 15 is 0 Å². The molecular weight excluding hydrogens is 212 g/mol. The van der Waals surface area contributed by atoms with E-state index < -0.39 is 0 Å². The summed E-state index contributed by atoms with van der Waals surface area (Å²) in [5, 5.41) is 3.35. The van der Waals surface area contributed by atoms with Gasteiger partial charge >= 0.3 is 0 Å². The summed E-state index contributed by atoms with van der Waals surface area (Å²) in [6.07, 6.45) is 2.70.